The highest BCUT2D eigenvalue weighted by Gasteiger charge is 2.65. The van der Waals surface area contributed by atoms with Crippen molar-refractivity contribution >= 4 is 31.9 Å². The predicted molar refractivity (Wildman–Crippen MR) is 138 cm³/mol. The van der Waals surface area contributed by atoms with Crippen LogP contribution in [0.2, 0.25) is 0 Å². The van der Waals surface area contributed by atoms with Crippen LogP contribution in [0.5, 0.6) is 0 Å². The Kier molecular flexibility index (Phi) is 7.33. The number of nitrogens with zero attached hydrogens (tertiary/aromatic N) is 2. The molecule has 8 nitrogen and oxygen atoms in total. The fraction of sp³-hybridized carbons (Fsp3) is 0.417. The SMILES string of the molecule is CN(C)C(=O)C(C(=O)N(CC1=CC(C(C)(C)O)NC=C1)C1C=CS(=O)(=O)C1)c1ccc(S(F)(F)(F)(F)F)cc1. The third kappa shape index (κ3) is 7.39. The number of nitrogens with one attached hydrogen (secondary N) is 1. The molecule has 3 unspecified atom stereocenters. The molecule has 39 heavy (non-hydrogen) atoms. The molecule has 0 bridgehead atoms. The summed E-state index contributed by atoms with van der Waals surface area (Å²) < 4.78 is 90.6. The van der Waals surface area contributed by atoms with E-state index in [-0.39, 0.29) is 24.2 Å². The number of benzene rings is 1. The van der Waals surface area contributed by atoms with Gasteiger partial charge in [-0.05, 0) is 55.5 Å². The largest absolute Gasteiger partial charge is 0.388 e. The van der Waals surface area contributed by atoms with Gasteiger partial charge in [0.1, 0.15) is 10.8 Å². The van der Waals surface area contributed by atoms with Gasteiger partial charge in [-0.2, -0.15) is 0 Å². The zero-order chi connectivity index (χ0) is 29.7. The Labute approximate surface area is 223 Å². The van der Waals surface area contributed by atoms with E-state index < -0.39 is 66.1 Å². The molecule has 2 heterocycles. The standard InChI is InChI=1S/C24H30F5N3O5S2/c1-24(2,35)20-13-16(9-11-30-20)14-32(18-10-12-38(36,37)15-18)23(34)21(22(33)31(3)4)17-5-7-19(8-6-17)39(25,26,27,28)29/h5-13,18,20-21,30,35H,14-15H2,1-4H3. The number of hydrogen-bond acceptors (Lipinski definition) is 6. The van der Waals surface area contributed by atoms with Crippen molar-refractivity contribution in [2.24, 2.45) is 0 Å². The van der Waals surface area contributed by atoms with Gasteiger partial charge in [0, 0.05) is 26.0 Å². The van der Waals surface area contributed by atoms with E-state index in [4.69, 9.17) is 0 Å². The summed E-state index contributed by atoms with van der Waals surface area (Å²) in [6.45, 7) is 2.89. The number of hydrogen-bond donors (Lipinski definition) is 2. The summed E-state index contributed by atoms with van der Waals surface area (Å²) in [6, 6.07) is -0.0631. The number of amides is 2. The van der Waals surface area contributed by atoms with E-state index >= 15 is 0 Å². The first kappa shape index (κ1) is 30.6. The Bertz CT molecular complexity index is 1350. The van der Waals surface area contributed by atoms with Gasteiger partial charge in [0.05, 0.1) is 23.4 Å². The number of sulfone groups is 1. The van der Waals surface area contributed by atoms with Gasteiger partial charge < -0.3 is 20.2 Å². The quantitative estimate of drug-likeness (QED) is 0.348. The highest BCUT2D eigenvalue weighted by molar-refractivity contribution is 8.45. The molecule has 2 aliphatic rings. The molecular formula is C24H30F5N3O5S2. The third-order valence-electron chi connectivity index (χ3n) is 6.26. The molecule has 0 fully saturated rings. The van der Waals surface area contributed by atoms with Crippen LogP contribution < -0.4 is 5.32 Å². The molecule has 0 radical (unpaired) electrons. The second kappa shape index (κ2) is 9.34. The summed E-state index contributed by atoms with van der Waals surface area (Å²) in [6.07, 6.45) is 6.01. The molecule has 0 saturated heterocycles. The highest BCUT2D eigenvalue weighted by Crippen LogP contribution is 3.02. The van der Waals surface area contributed by atoms with Gasteiger partial charge >= 0.3 is 10.2 Å². The van der Waals surface area contributed by atoms with Crippen LogP contribution in [0.4, 0.5) is 19.4 Å². The average Bonchev–Trinajstić information content (AvgIpc) is 3.15. The van der Waals surface area contributed by atoms with Gasteiger partial charge in [0.25, 0.3) is 0 Å². The Morgan fingerprint density at radius 2 is 1.69 bits per heavy atom. The fourth-order valence-electron chi connectivity index (χ4n) is 4.13. The van der Waals surface area contributed by atoms with Crippen LogP contribution in [0.1, 0.15) is 25.3 Å². The number of carbonyl (C=O) groups is 2. The molecule has 2 N–H and O–H groups in total. The van der Waals surface area contributed by atoms with E-state index in [2.05, 4.69) is 5.32 Å². The average molecular weight is 600 g/mol. The van der Waals surface area contributed by atoms with Crippen LogP contribution in [0.25, 0.3) is 0 Å². The summed E-state index contributed by atoms with van der Waals surface area (Å²) >= 11 is 0. The zero-order valence-corrected chi connectivity index (χ0v) is 23.2. The molecule has 0 aliphatic carbocycles. The van der Waals surface area contributed by atoms with Crippen LogP contribution >= 0.6 is 10.2 Å². The summed E-state index contributed by atoms with van der Waals surface area (Å²) in [7, 11) is -11.1. The van der Waals surface area contributed by atoms with Gasteiger partial charge in [0.2, 0.25) is 11.8 Å². The molecule has 15 heteroatoms. The Balaban J connectivity index is 2.07. The van der Waals surface area contributed by atoms with Crippen LogP contribution in [-0.2, 0) is 19.4 Å². The maximum Gasteiger partial charge on any atom is 0.310 e. The fourth-order valence-corrected chi connectivity index (χ4v) is 6.08. The van der Waals surface area contributed by atoms with Gasteiger partial charge in [0.15, 0.2) is 9.84 Å². The van der Waals surface area contributed by atoms with Crippen molar-refractivity contribution < 1.29 is 42.5 Å². The maximum atomic E-state index is 13.9. The smallest absolute Gasteiger partial charge is 0.310 e. The molecule has 218 valence electrons. The molecule has 3 atom stereocenters. The zero-order valence-electron chi connectivity index (χ0n) is 21.5. The number of rotatable bonds is 8. The number of dihydropyridines is 1. The first-order chi connectivity index (χ1) is 17.5. The lowest BCUT2D eigenvalue weighted by molar-refractivity contribution is -0.142. The van der Waals surface area contributed by atoms with Gasteiger partial charge in [-0.15, -0.1) is 0 Å². The normalized spacial score (nSPS) is 23.2. The second-order valence-corrected chi connectivity index (χ2v) is 14.6. The van der Waals surface area contributed by atoms with E-state index in [0.29, 0.717) is 17.7 Å². The van der Waals surface area contributed by atoms with Crippen molar-refractivity contribution in [1.29, 1.82) is 0 Å². The van der Waals surface area contributed by atoms with Gasteiger partial charge in [-0.1, -0.05) is 37.6 Å². The summed E-state index contributed by atoms with van der Waals surface area (Å²) in [5.74, 6) is -4.03. The Morgan fingerprint density at radius 3 is 2.15 bits per heavy atom. The first-order valence-electron chi connectivity index (χ1n) is 11.6. The topological polar surface area (TPSA) is 107 Å². The molecule has 3 rings (SSSR count). The van der Waals surface area contributed by atoms with Crippen molar-refractivity contribution in [2.75, 3.05) is 26.4 Å². The van der Waals surface area contributed by atoms with E-state index in [0.717, 1.165) is 15.2 Å². The number of halogens is 5. The monoisotopic (exact) mass is 599 g/mol. The molecule has 1 aromatic rings. The van der Waals surface area contributed by atoms with E-state index in [1.54, 1.807) is 26.0 Å². The number of aliphatic hydroxyl groups is 1. The van der Waals surface area contributed by atoms with Crippen LogP contribution in [-0.4, -0.2) is 79.2 Å². The van der Waals surface area contributed by atoms with E-state index in [1.165, 1.54) is 26.4 Å². The Morgan fingerprint density at radius 1 is 1.10 bits per heavy atom. The van der Waals surface area contributed by atoms with Gasteiger partial charge in [-0.25, -0.2) is 8.42 Å². The molecule has 1 aromatic carbocycles. The molecule has 2 aliphatic heterocycles. The lowest BCUT2D eigenvalue weighted by atomic mass is 9.93. The van der Waals surface area contributed by atoms with Crippen molar-refractivity contribution in [1.82, 2.24) is 15.1 Å². The lowest BCUT2D eigenvalue weighted by Crippen LogP contribution is -2.49. The van der Waals surface area contributed by atoms with Crippen molar-refractivity contribution in [3.05, 3.63) is 65.2 Å². The molecule has 0 saturated carbocycles. The molecular weight excluding hydrogens is 569 g/mol. The lowest BCUT2D eigenvalue weighted by Gasteiger charge is -2.40. The van der Waals surface area contributed by atoms with Crippen LogP contribution in [0.15, 0.2) is 64.6 Å². The van der Waals surface area contributed by atoms with Crippen LogP contribution in [0.3, 0.4) is 0 Å². The number of carbonyl (C=O) groups excluding carboxylic acids is 2. The minimum Gasteiger partial charge on any atom is -0.388 e. The van der Waals surface area contributed by atoms with Crippen molar-refractivity contribution in [2.45, 2.75) is 42.3 Å². The van der Waals surface area contributed by atoms with E-state index in [9.17, 15) is 42.5 Å². The minimum atomic E-state index is -10.0. The molecule has 0 aromatic heterocycles. The highest BCUT2D eigenvalue weighted by atomic mass is 32.5. The summed E-state index contributed by atoms with van der Waals surface area (Å²) in [5, 5.41) is 14.3. The van der Waals surface area contributed by atoms with Crippen LogP contribution in [0, 0.1) is 0 Å². The van der Waals surface area contributed by atoms with E-state index in [1.807, 2.05) is 0 Å². The molecule has 0 spiro atoms. The third-order valence-corrected chi connectivity index (χ3v) is 8.80. The molecule has 2 amide bonds. The minimum absolute atomic E-state index is 0.121. The first-order valence-corrected chi connectivity index (χ1v) is 15.3. The summed E-state index contributed by atoms with van der Waals surface area (Å²) in [5.41, 5.74) is -1.00. The van der Waals surface area contributed by atoms with Crippen molar-refractivity contribution in [3.63, 3.8) is 0 Å². The number of likely N-dealkylation sites (N-methyl/N-ethyl adjacent to an activating group) is 1. The Hall–Kier alpha value is -2.91. The predicted octanol–water partition coefficient (Wildman–Crippen LogP) is 3.84. The maximum absolute atomic E-state index is 13.9. The van der Waals surface area contributed by atoms with Gasteiger partial charge in [-0.3, -0.25) is 9.59 Å². The summed E-state index contributed by atoms with van der Waals surface area (Å²) in [4.78, 5) is 27.0. The second-order valence-electron chi connectivity index (χ2n) is 10.3. The van der Waals surface area contributed by atoms with Crippen molar-refractivity contribution in [3.8, 4) is 0 Å².